The average molecular weight is 277 g/mol. The Bertz CT molecular complexity index is 499. The van der Waals surface area contributed by atoms with Crippen LogP contribution in [0.15, 0.2) is 18.2 Å². The number of nitro benzene ring substituents is 1. The second kappa shape index (κ2) is 5.68. The van der Waals surface area contributed by atoms with Crippen LogP contribution in [-0.2, 0) is 22.1 Å². The lowest BCUT2D eigenvalue weighted by atomic mass is 10.1. The lowest BCUT2D eigenvalue weighted by Crippen LogP contribution is -2.09. The fourth-order valence-electron chi connectivity index (χ4n) is 1.44. The molecule has 0 aromatic heterocycles. The molecular formula is C11H10F3NO4. The number of carbonyl (C=O) groups is 1. The van der Waals surface area contributed by atoms with E-state index in [2.05, 4.69) is 4.74 Å². The molecule has 1 aromatic carbocycles. The molecule has 0 aliphatic carbocycles. The number of benzene rings is 1. The Hall–Kier alpha value is -2.12. The number of esters is 1. The number of rotatable bonds is 4. The second-order valence-electron chi connectivity index (χ2n) is 3.69. The summed E-state index contributed by atoms with van der Waals surface area (Å²) in [6.45, 7) is 0.929. The van der Waals surface area contributed by atoms with E-state index in [1.165, 1.54) is 0 Å². The van der Waals surface area contributed by atoms with Gasteiger partial charge in [0.05, 0.1) is 17.1 Å². The minimum Gasteiger partial charge on any atom is -0.466 e. The number of halogens is 3. The highest BCUT2D eigenvalue weighted by atomic mass is 19.4. The minimum atomic E-state index is -4.58. The summed E-state index contributed by atoms with van der Waals surface area (Å²) in [5, 5.41) is 10.7. The molecule has 0 N–H and O–H groups in total. The highest BCUT2D eigenvalue weighted by molar-refractivity contribution is 5.65. The Morgan fingerprint density at radius 1 is 1.42 bits per heavy atom. The van der Waals surface area contributed by atoms with Crippen LogP contribution in [0.2, 0.25) is 0 Å². The highest BCUT2D eigenvalue weighted by Crippen LogP contribution is 2.32. The van der Waals surface area contributed by atoms with E-state index in [-0.39, 0.29) is 18.6 Å². The van der Waals surface area contributed by atoms with E-state index in [1.807, 2.05) is 0 Å². The van der Waals surface area contributed by atoms with Gasteiger partial charge in [0.15, 0.2) is 0 Å². The van der Waals surface area contributed by atoms with Gasteiger partial charge in [-0.15, -0.1) is 0 Å². The monoisotopic (exact) mass is 277 g/mol. The van der Waals surface area contributed by atoms with Crippen LogP contribution in [0.3, 0.4) is 0 Å². The molecule has 5 nitrogen and oxygen atoms in total. The molecular weight excluding hydrogens is 267 g/mol. The molecule has 0 bridgehead atoms. The van der Waals surface area contributed by atoms with E-state index in [9.17, 15) is 28.1 Å². The van der Waals surface area contributed by atoms with Crippen LogP contribution >= 0.6 is 0 Å². The van der Waals surface area contributed by atoms with Crippen LogP contribution < -0.4 is 0 Å². The van der Waals surface area contributed by atoms with Crippen LogP contribution in [-0.4, -0.2) is 17.5 Å². The van der Waals surface area contributed by atoms with Crippen molar-refractivity contribution in [3.63, 3.8) is 0 Å². The first-order chi connectivity index (χ1) is 8.71. The number of nitro groups is 1. The van der Waals surface area contributed by atoms with Gasteiger partial charge in [0.2, 0.25) is 0 Å². The van der Waals surface area contributed by atoms with Gasteiger partial charge < -0.3 is 4.74 Å². The van der Waals surface area contributed by atoms with E-state index >= 15 is 0 Å². The zero-order valence-corrected chi connectivity index (χ0v) is 9.86. The molecule has 1 rings (SSSR count). The maximum absolute atomic E-state index is 12.5. The topological polar surface area (TPSA) is 69.4 Å². The minimum absolute atomic E-state index is 0.124. The lowest BCUT2D eigenvalue weighted by molar-refractivity contribution is -0.385. The zero-order valence-electron chi connectivity index (χ0n) is 9.86. The normalized spacial score (nSPS) is 11.2. The maximum Gasteiger partial charge on any atom is 0.416 e. The predicted octanol–water partition coefficient (Wildman–Crippen LogP) is 2.72. The molecule has 0 saturated carbocycles. The summed E-state index contributed by atoms with van der Waals surface area (Å²) in [7, 11) is 0. The Morgan fingerprint density at radius 2 is 2.05 bits per heavy atom. The third kappa shape index (κ3) is 4.23. The summed E-state index contributed by atoms with van der Waals surface area (Å²) >= 11 is 0. The molecule has 1 aromatic rings. The van der Waals surface area contributed by atoms with E-state index in [1.54, 1.807) is 0 Å². The summed E-state index contributed by atoms with van der Waals surface area (Å²) in [6, 6.07) is 2.14. The highest BCUT2D eigenvalue weighted by Gasteiger charge is 2.32. The summed E-state index contributed by atoms with van der Waals surface area (Å²) in [6.07, 6.45) is -4.73. The van der Waals surface area contributed by atoms with Crippen LogP contribution in [0.25, 0.3) is 0 Å². The van der Waals surface area contributed by atoms with Crippen LogP contribution in [0, 0.1) is 10.1 Å². The standard InChI is InChI=1S/C11H10F3NO4/c1-7(16)19-5-4-8-6-9(11(12,13)14)2-3-10(8)15(17)18/h2-3,6H,4-5H2,1H3. The zero-order chi connectivity index (χ0) is 14.6. The Labute approximate surface area is 106 Å². The van der Waals surface area contributed by atoms with Gasteiger partial charge >= 0.3 is 12.1 Å². The summed E-state index contributed by atoms with van der Waals surface area (Å²) in [5.41, 5.74) is -1.53. The fraction of sp³-hybridized carbons (Fsp3) is 0.364. The van der Waals surface area contributed by atoms with Gasteiger partial charge in [0.1, 0.15) is 0 Å². The summed E-state index contributed by atoms with van der Waals surface area (Å²) in [5.74, 6) is -0.602. The lowest BCUT2D eigenvalue weighted by Gasteiger charge is -2.09. The number of hydrogen-bond acceptors (Lipinski definition) is 4. The quantitative estimate of drug-likeness (QED) is 0.482. The molecule has 0 atom stereocenters. The Kier molecular flexibility index (Phi) is 4.47. The van der Waals surface area contributed by atoms with Crippen molar-refractivity contribution in [2.24, 2.45) is 0 Å². The molecule has 0 amide bonds. The third-order valence-electron chi connectivity index (χ3n) is 2.28. The van der Waals surface area contributed by atoms with Gasteiger partial charge in [-0.25, -0.2) is 0 Å². The second-order valence-corrected chi connectivity index (χ2v) is 3.69. The number of hydrogen-bond donors (Lipinski definition) is 0. The van der Waals surface area contributed by atoms with Gasteiger partial charge in [-0.1, -0.05) is 0 Å². The first-order valence-corrected chi connectivity index (χ1v) is 5.19. The number of carbonyl (C=O) groups excluding carboxylic acids is 1. The molecule has 104 valence electrons. The molecule has 0 radical (unpaired) electrons. The fourth-order valence-corrected chi connectivity index (χ4v) is 1.44. The van der Waals surface area contributed by atoms with Gasteiger partial charge in [-0.2, -0.15) is 13.2 Å². The molecule has 0 fully saturated rings. The average Bonchev–Trinajstić information content (AvgIpc) is 2.26. The van der Waals surface area contributed by atoms with Crippen molar-refractivity contribution < 1.29 is 27.6 Å². The molecule has 0 heterocycles. The van der Waals surface area contributed by atoms with E-state index in [0.29, 0.717) is 12.1 Å². The summed E-state index contributed by atoms with van der Waals surface area (Å²) < 4.78 is 42.1. The number of nitrogens with zero attached hydrogens (tertiary/aromatic N) is 1. The third-order valence-corrected chi connectivity index (χ3v) is 2.28. The van der Waals surface area contributed by atoms with Crippen molar-refractivity contribution in [1.29, 1.82) is 0 Å². The Balaban J connectivity index is 3.02. The van der Waals surface area contributed by atoms with Gasteiger partial charge in [0, 0.05) is 25.0 Å². The molecule has 0 aliphatic heterocycles. The van der Waals surface area contributed by atoms with E-state index in [0.717, 1.165) is 13.0 Å². The van der Waals surface area contributed by atoms with Crippen molar-refractivity contribution >= 4 is 11.7 Å². The SMILES string of the molecule is CC(=O)OCCc1cc(C(F)(F)F)ccc1[N+](=O)[O-]. The molecule has 8 heteroatoms. The molecule has 0 spiro atoms. The Morgan fingerprint density at radius 3 is 2.53 bits per heavy atom. The van der Waals surface area contributed by atoms with Crippen molar-refractivity contribution in [1.82, 2.24) is 0 Å². The smallest absolute Gasteiger partial charge is 0.416 e. The van der Waals surface area contributed by atoms with Crippen molar-refractivity contribution in [3.8, 4) is 0 Å². The first-order valence-electron chi connectivity index (χ1n) is 5.19. The number of ether oxygens (including phenoxy) is 1. The van der Waals surface area contributed by atoms with E-state index in [4.69, 9.17) is 0 Å². The van der Waals surface area contributed by atoms with Crippen LogP contribution in [0.4, 0.5) is 18.9 Å². The first kappa shape index (κ1) is 14.9. The van der Waals surface area contributed by atoms with Crippen molar-refractivity contribution in [3.05, 3.63) is 39.4 Å². The molecule has 0 unspecified atom stereocenters. The van der Waals surface area contributed by atoms with E-state index < -0.39 is 28.3 Å². The van der Waals surface area contributed by atoms with Gasteiger partial charge in [-0.3, -0.25) is 14.9 Å². The van der Waals surface area contributed by atoms with Crippen LogP contribution in [0.1, 0.15) is 18.1 Å². The van der Waals surface area contributed by atoms with Crippen molar-refractivity contribution in [2.45, 2.75) is 19.5 Å². The summed E-state index contributed by atoms with van der Waals surface area (Å²) in [4.78, 5) is 20.5. The largest absolute Gasteiger partial charge is 0.466 e. The van der Waals surface area contributed by atoms with Gasteiger partial charge in [0.25, 0.3) is 5.69 Å². The van der Waals surface area contributed by atoms with Gasteiger partial charge in [-0.05, 0) is 12.1 Å². The molecule has 19 heavy (non-hydrogen) atoms. The molecule has 0 saturated heterocycles. The maximum atomic E-state index is 12.5. The van der Waals surface area contributed by atoms with Crippen molar-refractivity contribution in [2.75, 3.05) is 6.61 Å². The number of alkyl halides is 3. The molecule has 0 aliphatic rings. The van der Waals surface area contributed by atoms with Crippen LogP contribution in [0.5, 0.6) is 0 Å². The predicted molar refractivity (Wildman–Crippen MR) is 58.4 cm³/mol.